The van der Waals surface area contributed by atoms with Crippen LogP contribution in [0.3, 0.4) is 0 Å². The molecule has 1 N–H and O–H groups in total. The molecule has 0 bridgehead atoms. The summed E-state index contributed by atoms with van der Waals surface area (Å²) in [5.41, 5.74) is 2.07. The van der Waals surface area contributed by atoms with E-state index in [1.807, 2.05) is 42.3 Å². The van der Waals surface area contributed by atoms with Gasteiger partial charge in [0.15, 0.2) is 0 Å². The number of aryl methyl sites for hydroxylation is 1. The Kier molecular flexibility index (Phi) is 5.22. The third-order valence-electron chi connectivity index (χ3n) is 3.33. The van der Waals surface area contributed by atoms with Gasteiger partial charge in [-0.3, -0.25) is 0 Å². The zero-order chi connectivity index (χ0) is 15.2. The van der Waals surface area contributed by atoms with E-state index in [1.165, 1.54) is 0 Å². The maximum atomic E-state index is 5.36. The van der Waals surface area contributed by atoms with Crippen molar-refractivity contribution in [3.05, 3.63) is 42.0 Å². The third kappa shape index (κ3) is 3.76. The molecule has 1 aromatic carbocycles. The van der Waals surface area contributed by atoms with Crippen molar-refractivity contribution in [2.75, 3.05) is 20.8 Å². The van der Waals surface area contributed by atoms with Crippen LogP contribution in [0.4, 0.5) is 0 Å². The summed E-state index contributed by atoms with van der Waals surface area (Å²) < 4.78 is 12.7. The van der Waals surface area contributed by atoms with E-state index < -0.39 is 0 Å². The Labute approximate surface area is 125 Å². The number of methoxy groups -OCH3 is 2. The summed E-state index contributed by atoms with van der Waals surface area (Å²) in [5, 5.41) is 3.53. The van der Waals surface area contributed by atoms with Crippen LogP contribution in [0, 0.1) is 0 Å². The minimum Gasteiger partial charge on any atom is -0.497 e. The molecule has 5 nitrogen and oxygen atoms in total. The molecule has 114 valence electrons. The highest BCUT2D eigenvalue weighted by Gasteiger charge is 2.17. The van der Waals surface area contributed by atoms with Gasteiger partial charge >= 0.3 is 0 Å². The fraction of sp³-hybridized carbons (Fsp3) is 0.438. The zero-order valence-electron chi connectivity index (χ0n) is 13.1. The molecule has 2 rings (SSSR count). The summed E-state index contributed by atoms with van der Waals surface area (Å²) in [7, 11) is 5.29. The zero-order valence-corrected chi connectivity index (χ0v) is 13.1. The van der Waals surface area contributed by atoms with Crippen LogP contribution in [0.1, 0.15) is 30.6 Å². The van der Waals surface area contributed by atoms with Crippen LogP contribution in [-0.4, -0.2) is 30.3 Å². The summed E-state index contributed by atoms with van der Waals surface area (Å²) in [6.07, 6.45) is 4.90. The maximum Gasteiger partial charge on any atom is 0.122 e. The SMILES string of the molecule is CCCNC(c1cc(OC)cc(OC)c1)c1cn(C)cn1. The summed E-state index contributed by atoms with van der Waals surface area (Å²) >= 11 is 0. The number of benzene rings is 1. The van der Waals surface area contributed by atoms with E-state index in [0.717, 1.165) is 35.7 Å². The van der Waals surface area contributed by atoms with Crippen molar-refractivity contribution in [2.45, 2.75) is 19.4 Å². The molecule has 0 aliphatic carbocycles. The van der Waals surface area contributed by atoms with Crippen LogP contribution in [0.25, 0.3) is 0 Å². The number of aromatic nitrogens is 2. The Morgan fingerprint density at radius 2 is 1.86 bits per heavy atom. The van der Waals surface area contributed by atoms with Gasteiger partial charge in [0.1, 0.15) is 11.5 Å². The lowest BCUT2D eigenvalue weighted by molar-refractivity contribution is 0.392. The number of nitrogens with zero attached hydrogens (tertiary/aromatic N) is 2. The van der Waals surface area contributed by atoms with Crippen molar-refractivity contribution < 1.29 is 9.47 Å². The van der Waals surface area contributed by atoms with E-state index in [4.69, 9.17) is 9.47 Å². The largest absolute Gasteiger partial charge is 0.497 e. The Morgan fingerprint density at radius 3 is 2.33 bits per heavy atom. The highest BCUT2D eigenvalue weighted by molar-refractivity contribution is 5.42. The predicted octanol–water partition coefficient (Wildman–Crippen LogP) is 2.53. The molecule has 1 atom stereocenters. The highest BCUT2D eigenvalue weighted by atomic mass is 16.5. The van der Waals surface area contributed by atoms with E-state index in [-0.39, 0.29) is 6.04 Å². The molecule has 5 heteroatoms. The molecule has 21 heavy (non-hydrogen) atoms. The highest BCUT2D eigenvalue weighted by Crippen LogP contribution is 2.29. The second-order valence-corrected chi connectivity index (χ2v) is 5.00. The number of hydrogen-bond donors (Lipinski definition) is 1. The molecule has 1 heterocycles. The van der Waals surface area contributed by atoms with Gasteiger partial charge in [-0.15, -0.1) is 0 Å². The molecule has 0 aliphatic rings. The molecule has 0 saturated heterocycles. The van der Waals surface area contributed by atoms with Gasteiger partial charge in [-0.1, -0.05) is 6.92 Å². The van der Waals surface area contributed by atoms with Gasteiger partial charge in [0.25, 0.3) is 0 Å². The second-order valence-electron chi connectivity index (χ2n) is 5.00. The fourth-order valence-electron chi connectivity index (χ4n) is 2.26. The minimum atomic E-state index is 0.0233. The monoisotopic (exact) mass is 289 g/mol. The topological polar surface area (TPSA) is 48.3 Å². The molecular formula is C16H23N3O2. The molecule has 0 spiro atoms. The van der Waals surface area contributed by atoms with Gasteiger partial charge in [-0.25, -0.2) is 4.98 Å². The van der Waals surface area contributed by atoms with Crippen molar-refractivity contribution >= 4 is 0 Å². The van der Waals surface area contributed by atoms with Crippen LogP contribution in [0.2, 0.25) is 0 Å². The Bertz CT molecular complexity index is 558. The van der Waals surface area contributed by atoms with Gasteiger partial charge in [-0.2, -0.15) is 0 Å². The van der Waals surface area contributed by atoms with Gasteiger partial charge in [0.05, 0.1) is 32.3 Å². The van der Waals surface area contributed by atoms with E-state index in [0.29, 0.717) is 0 Å². The molecule has 1 aromatic heterocycles. The summed E-state index contributed by atoms with van der Waals surface area (Å²) in [6.45, 7) is 3.06. The van der Waals surface area contributed by atoms with E-state index in [9.17, 15) is 0 Å². The maximum absolute atomic E-state index is 5.36. The standard InChI is InChI=1S/C16H23N3O2/c1-5-6-17-16(15-10-19(2)11-18-15)12-7-13(20-3)9-14(8-12)21-4/h7-11,16-17H,5-6H2,1-4H3. The Balaban J connectivity index is 2.40. The summed E-state index contributed by atoms with van der Waals surface area (Å²) in [4.78, 5) is 4.48. The predicted molar refractivity (Wildman–Crippen MR) is 82.9 cm³/mol. The number of ether oxygens (including phenoxy) is 2. The first kappa shape index (κ1) is 15.4. The Hall–Kier alpha value is -2.01. The van der Waals surface area contributed by atoms with Crippen LogP contribution in [0.5, 0.6) is 11.5 Å². The van der Waals surface area contributed by atoms with Crippen molar-refractivity contribution in [1.82, 2.24) is 14.9 Å². The molecular weight excluding hydrogens is 266 g/mol. The van der Waals surface area contributed by atoms with Gasteiger partial charge in [0.2, 0.25) is 0 Å². The first-order valence-electron chi connectivity index (χ1n) is 7.12. The number of hydrogen-bond acceptors (Lipinski definition) is 4. The molecule has 0 aliphatic heterocycles. The average molecular weight is 289 g/mol. The number of rotatable bonds is 7. The second kappa shape index (κ2) is 7.13. The number of nitrogens with one attached hydrogen (secondary N) is 1. The van der Waals surface area contributed by atoms with Crippen LogP contribution >= 0.6 is 0 Å². The van der Waals surface area contributed by atoms with E-state index in [2.05, 4.69) is 17.2 Å². The van der Waals surface area contributed by atoms with Crippen LogP contribution < -0.4 is 14.8 Å². The van der Waals surface area contributed by atoms with Crippen molar-refractivity contribution in [3.8, 4) is 11.5 Å². The van der Waals surface area contributed by atoms with Crippen LogP contribution in [0.15, 0.2) is 30.7 Å². The molecule has 0 radical (unpaired) electrons. The molecule has 0 fully saturated rings. The summed E-state index contributed by atoms with van der Waals surface area (Å²) in [6, 6.07) is 5.93. The Morgan fingerprint density at radius 1 is 1.19 bits per heavy atom. The minimum absolute atomic E-state index is 0.0233. The fourth-order valence-corrected chi connectivity index (χ4v) is 2.26. The van der Waals surface area contributed by atoms with Gasteiger partial charge < -0.3 is 19.4 Å². The van der Waals surface area contributed by atoms with Gasteiger partial charge in [0, 0.05) is 19.3 Å². The molecule has 2 aromatic rings. The lowest BCUT2D eigenvalue weighted by Gasteiger charge is -2.18. The molecule has 0 amide bonds. The smallest absolute Gasteiger partial charge is 0.122 e. The normalized spacial score (nSPS) is 12.2. The van der Waals surface area contributed by atoms with Crippen molar-refractivity contribution in [3.63, 3.8) is 0 Å². The first-order valence-corrected chi connectivity index (χ1v) is 7.12. The van der Waals surface area contributed by atoms with E-state index in [1.54, 1.807) is 14.2 Å². The molecule has 0 saturated carbocycles. The van der Waals surface area contributed by atoms with E-state index >= 15 is 0 Å². The lowest BCUT2D eigenvalue weighted by Crippen LogP contribution is -2.23. The summed E-state index contributed by atoms with van der Waals surface area (Å²) in [5.74, 6) is 1.56. The lowest BCUT2D eigenvalue weighted by atomic mass is 10.0. The van der Waals surface area contributed by atoms with Crippen molar-refractivity contribution in [1.29, 1.82) is 0 Å². The molecule has 1 unspecified atom stereocenters. The third-order valence-corrected chi connectivity index (χ3v) is 3.33. The first-order chi connectivity index (χ1) is 10.2. The van der Waals surface area contributed by atoms with Gasteiger partial charge in [-0.05, 0) is 30.7 Å². The quantitative estimate of drug-likeness (QED) is 0.851. The average Bonchev–Trinajstić information content (AvgIpc) is 2.93. The van der Waals surface area contributed by atoms with Crippen molar-refractivity contribution in [2.24, 2.45) is 7.05 Å². The number of imidazole rings is 1. The van der Waals surface area contributed by atoms with Crippen LogP contribution in [-0.2, 0) is 7.05 Å².